The van der Waals surface area contributed by atoms with Gasteiger partial charge in [-0.25, -0.2) is 0 Å². The van der Waals surface area contributed by atoms with Crippen LogP contribution < -0.4 is 27.8 Å². The summed E-state index contributed by atoms with van der Waals surface area (Å²) < 4.78 is 4.99. The normalized spacial score (nSPS) is 10.3. The maximum absolute atomic E-state index is 12.1. The van der Waals surface area contributed by atoms with E-state index in [0.29, 0.717) is 5.69 Å². The number of hydrogen-bond donors (Lipinski definition) is 5. The van der Waals surface area contributed by atoms with Crippen LogP contribution in [0.3, 0.4) is 0 Å². The number of nitrogens with two attached hydrogens (primary N) is 3. The molecule has 0 saturated carbocycles. The summed E-state index contributed by atoms with van der Waals surface area (Å²) in [5.41, 5.74) is 15.3. The van der Waals surface area contributed by atoms with Crippen LogP contribution in [0.1, 0.15) is 17.0 Å². The minimum atomic E-state index is -1.07. The molecular weight excluding hydrogens is 352 g/mol. The minimum Gasteiger partial charge on any atom is -0.370 e. The van der Waals surface area contributed by atoms with Crippen molar-refractivity contribution in [3.05, 3.63) is 42.2 Å². The van der Waals surface area contributed by atoms with Crippen molar-refractivity contribution in [1.82, 2.24) is 15.8 Å². The maximum Gasteiger partial charge on any atom is 0.290 e. The van der Waals surface area contributed by atoms with Crippen LogP contribution >= 0.6 is 0 Å². The zero-order chi connectivity index (χ0) is 20.8. The molecule has 2 rings (SSSR count). The second-order valence-corrected chi connectivity index (χ2v) is 4.75. The summed E-state index contributed by atoms with van der Waals surface area (Å²) in [4.78, 5) is 34.8. The SMILES string of the molecule is CN.CN.CNC(=O)[C@H](CC(N)=O)NC(=O)c1cc(-c2ccccc2)no1. The molecule has 8 N–H and O–H groups in total. The summed E-state index contributed by atoms with van der Waals surface area (Å²) in [5, 5.41) is 8.56. The standard InChI is InChI=1S/C15H16N4O4.2CH5N/c1-17-14(21)11(8-13(16)20)18-15(22)12-7-10(19-23-12)9-5-3-2-4-6-9;2*1-2/h2-7,11H,8H2,1H3,(H2,16,20)(H,17,21)(H,18,22);2*2H2,1H3/t11-;;/m0../s1. The summed E-state index contributed by atoms with van der Waals surface area (Å²) in [6.07, 6.45) is -0.314. The zero-order valence-electron chi connectivity index (χ0n) is 15.6. The van der Waals surface area contributed by atoms with Gasteiger partial charge in [-0.15, -0.1) is 0 Å². The van der Waals surface area contributed by atoms with Crippen molar-refractivity contribution in [3.8, 4) is 11.3 Å². The van der Waals surface area contributed by atoms with Crippen LogP contribution in [0.5, 0.6) is 0 Å². The highest BCUT2D eigenvalue weighted by atomic mass is 16.5. The molecular formula is C17H26N6O4. The molecule has 0 spiro atoms. The Morgan fingerprint density at radius 2 is 1.70 bits per heavy atom. The van der Waals surface area contributed by atoms with E-state index >= 15 is 0 Å². The van der Waals surface area contributed by atoms with Crippen molar-refractivity contribution in [2.75, 3.05) is 21.1 Å². The van der Waals surface area contributed by atoms with Gasteiger partial charge in [0.05, 0.1) is 6.42 Å². The summed E-state index contributed by atoms with van der Waals surface area (Å²) >= 11 is 0. The Morgan fingerprint density at radius 3 is 2.22 bits per heavy atom. The lowest BCUT2D eigenvalue weighted by atomic mass is 10.1. The third kappa shape index (κ3) is 7.67. The predicted molar refractivity (Wildman–Crippen MR) is 101 cm³/mol. The van der Waals surface area contributed by atoms with E-state index in [4.69, 9.17) is 10.3 Å². The van der Waals surface area contributed by atoms with Crippen LogP contribution in [0.25, 0.3) is 11.3 Å². The van der Waals surface area contributed by atoms with E-state index in [0.717, 1.165) is 5.56 Å². The summed E-state index contributed by atoms with van der Waals surface area (Å²) in [5.74, 6) is -1.96. The van der Waals surface area contributed by atoms with Crippen LogP contribution in [0.2, 0.25) is 0 Å². The average molecular weight is 378 g/mol. The zero-order valence-corrected chi connectivity index (χ0v) is 15.6. The Balaban J connectivity index is 0.00000158. The Labute approximate surface area is 157 Å². The largest absolute Gasteiger partial charge is 0.370 e. The fraction of sp³-hybridized carbons (Fsp3) is 0.294. The van der Waals surface area contributed by atoms with Crippen molar-refractivity contribution in [2.24, 2.45) is 17.2 Å². The summed E-state index contributed by atoms with van der Waals surface area (Å²) in [7, 11) is 4.39. The maximum atomic E-state index is 12.1. The van der Waals surface area contributed by atoms with Gasteiger partial charge in [-0.3, -0.25) is 14.4 Å². The van der Waals surface area contributed by atoms with Gasteiger partial charge < -0.3 is 32.4 Å². The average Bonchev–Trinajstić information content (AvgIpc) is 3.20. The molecule has 27 heavy (non-hydrogen) atoms. The number of benzene rings is 1. The Bertz CT molecular complexity index is 717. The van der Waals surface area contributed by atoms with Crippen LogP contribution in [0.15, 0.2) is 40.9 Å². The van der Waals surface area contributed by atoms with Crippen LogP contribution in [0, 0.1) is 0 Å². The van der Waals surface area contributed by atoms with E-state index in [1.807, 2.05) is 30.3 Å². The minimum absolute atomic E-state index is 0.0674. The highest BCUT2D eigenvalue weighted by Crippen LogP contribution is 2.18. The Hall–Kier alpha value is -3.24. The van der Waals surface area contributed by atoms with E-state index < -0.39 is 23.8 Å². The number of rotatable bonds is 6. The van der Waals surface area contributed by atoms with Crippen molar-refractivity contribution in [1.29, 1.82) is 0 Å². The molecule has 1 aromatic heterocycles. The molecule has 1 atom stereocenters. The van der Waals surface area contributed by atoms with E-state index in [9.17, 15) is 14.4 Å². The van der Waals surface area contributed by atoms with Gasteiger partial charge in [0, 0.05) is 18.7 Å². The topological polar surface area (TPSA) is 179 Å². The molecule has 0 fully saturated rings. The molecule has 0 unspecified atom stereocenters. The van der Waals surface area contributed by atoms with Crippen LogP contribution in [0.4, 0.5) is 0 Å². The first-order valence-corrected chi connectivity index (χ1v) is 7.99. The monoisotopic (exact) mass is 378 g/mol. The van der Waals surface area contributed by atoms with Gasteiger partial charge in [-0.2, -0.15) is 0 Å². The van der Waals surface area contributed by atoms with Gasteiger partial charge in [0.2, 0.25) is 17.6 Å². The van der Waals surface area contributed by atoms with Gasteiger partial charge in [0.25, 0.3) is 5.91 Å². The highest BCUT2D eigenvalue weighted by Gasteiger charge is 2.24. The molecule has 2 aromatic rings. The van der Waals surface area contributed by atoms with Gasteiger partial charge in [0.1, 0.15) is 11.7 Å². The number of amides is 3. The number of likely N-dealkylation sites (N-methyl/N-ethyl adjacent to an activating group) is 1. The molecule has 0 aliphatic heterocycles. The molecule has 0 saturated heterocycles. The first-order valence-electron chi connectivity index (χ1n) is 7.99. The third-order valence-corrected chi connectivity index (χ3v) is 3.08. The van der Waals surface area contributed by atoms with Crippen LogP contribution in [-0.4, -0.2) is 50.1 Å². The van der Waals surface area contributed by atoms with E-state index in [1.165, 1.54) is 27.2 Å². The molecule has 1 heterocycles. The van der Waals surface area contributed by atoms with E-state index in [1.54, 1.807) is 0 Å². The highest BCUT2D eigenvalue weighted by molar-refractivity contribution is 5.97. The molecule has 0 aliphatic rings. The smallest absolute Gasteiger partial charge is 0.290 e. The molecule has 10 nitrogen and oxygen atoms in total. The quantitative estimate of drug-likeness (QED) is 0.437. The molecule has 148 valence electrons. The number of nitrogens with zero attached hydrogens (tertiary/aromatic N) is 1. The van der Waals surface area contributed by atoms with Gasteiger partial charge in [-0.05, 0) is 14.1 Å². The molecule has 1 aromatic carbocycles. The van der Waals surface area contributed by atoms with E-state index in [2.05, 4.69) is 27.3 Å². The van der Waals surface area contributed by atoms with Gasteiger partial charge >= 0.3 is 0 Å². The molecule has 10 heteroatoms. The number of carbonyl (C=O) groups is 3. The first-order chi connectivity index (χ1) is 13.0. The van der Waals surface area contributed by atoms with Crippen molar-refractivity contribution in [2.45, 2.75) is 12.5 Å². The summed E-state index contributed by atoms with van der Waals surface area (Å²) in [6, 6.07) is 9.54. The Morgan fingerprint density at radius 1 is 1.11 bits per heavy atom. The number of nitrogens with one attached hydrogen (secondary N) is 2. The van der Waals surface area contributed by atoms with Crippen molar-refractivity contribution >= 4 is 17.7 Å². The van der Waals surface area contributed by atoms with Gasteiger partial charge in [-0.1, -0.05) is 35.5 Å². The fourth-order valence-electron chi connectivity index (χ4n) is 1.94. The second kappa shape index (κ2) is 13.0. The molecule has 0 radical (unpaired) electrons. The fourth-order valence-corrected chi connectivity index (χ4v) is 1.94. The predicted octanol–water partition coefficient (Wildman–Crippen LogP) is -0.789. The number of carbonyl (C=O) groups excluding carboxylic acids is 3. The first kappa shape index (κ1) is 23.8. The molecule has 3 amide bonds. The lowest BCUT2D eigenvalue weighted by molar-refractivity contribution is -0.126. The summed E-state index contributed by atoms with van der Waals surface area (Å²) in [6.45, 7) is 0. The number of hydrogen-bond acceptors (Lipinski definition) is 7. The number of primary amides is 1. The lowest BCUT2D eigenvalue weighted by Crippen LogP contribution is -2.47. The van der Waals surface area contributed by atoms with Gasteiger partial charge in [0.15, 0.2) is 0 Å². The second-order valence-electron chi connectivity index (χ2n) is 4.75. The van der Waals surface area contributed by atoms with Crippen molar-refractivity contribution < 1.29 is 18.9 Å². The lowest BCUT2D eigenvalue weighted by Gasteiger charge is -2.14. The van der Waals surface area contributed by atoms with E-state index in [-0.39, 0.29) is 12.2 Å². The molecule has 0 aliphatic carbocycles. The molecule has 0 bridgehead atoms. The van der Waals surface area contributed by atoms with Crippen molar-refractivity contribution in [3.63, 3.8) is 0 Å². The van der Waals surface area contributed by atoms with Crippen LogP contribution in [-0.2, 0) is 9.59 Å². The third-order valence-electron chi connectivity index (χ3n) is 3.08. The number of aromatic nitrogens is 1. The Kier molecular flexibility index (Phi) is 11.5.